The Bertz CT molecular complexity index is 1130. The molecule has 0 heterocycles. The van der Waals surface area contributed by atoms with Crippen LogP contribution < -0.4 is 9.62 Å². The number of aryl methyl sites for hydroxylation is 1. The normalized spacial score (nSPS) is 11.1. The van der Waals surface area contributed by atoms with Crippen molar-refractivity contribution in [1.29, 1.82) is 0 Å². The zero-order chi connectivity index (χ0) is 21.0. The maximum Gasteiger partial charge on any atom is 0.264 e. The van der Waals surface area contributed by atoms with Gasteiger partial charge < -0.3 is 5.32 Å². The quantitative estimate of drug-likeness (QED) is 0.460. The highest BCUT2D eigenvalue weighted by atomic mass is 79.9. The first-order valence-electron chi connectivity index (χ1n) is 8.67. The first kappa shape index (κ1) is 21.5. The third-order valence-corrected chi connectivity index (χ3v) is 7.11. The molecule has 1 amide bonds. The topological polar surface area (TPSA) is 66.5 Å². The molecule has 150 valence electrons. The molecule has 0 unspecified atom stereocenters. The molecule has 0 bridgehead atoms. The van der Waals surface area contributed by atoms with Crippen molar-refractivity contribution >= 4 is 59.2 Å². The van der Waals surface area contributed by atoms with E-state index in [0.29, 0.717) is 20.3 Å². The molecule has 0 saturated carbocycles. The van der Waals surface area contributed by atoms with Crippen LogP contribution in [0.1, 0.15) is 5.56 Å². The molecule has 0 aliphatic carbocycles. The Hall–Kier alpha value is -2.16. The summed E-state index contributed by atoms with van der Waals surface area (Å²) < 4.78 is 29.2. The summed E-state index contributed by atoms with van der Waals surface area (Å²) in [5.74, 6) is -0.451. The summed E-state index contributed by atoms with van der Waals surface area (Å²) in [5, 5.41) is 2.75. The minimum atomic E-state index is -3.95. The molecule has 0 saturated heterocycles. The Balaban J connectivity index is 1.96. The number of nitrogens with one attached hydrogen (secondary N) is 1. The Morgan fingerprint density at radius 2 is 1.66 bits per heavy atom. The lowest BCUT2D eigenvalue weighted by atomic mass is 10.2. The van der Waals surface area contributed by atoms with Gasteiger partial charge >= 0.3 is 0 Å². The number of amides is 1. The van der Waals surface area contributed by atoms with Crippen molar-refractivity contribution in [3.05, 3.63) is 87.3 Å². The number of hydrogen-bond donors (Lipinski definition) is 1. The van der Waals surface area contributed by atoms with E-state index < -0.39 is 15.9 Å². The van der Waals surface area contributed by atoms with Crippen LogP contribution in [0.2, 0.25) is 0 Å². The van der Waals surface area contributed by atoms with E-state index in [4.69, 9.17) is 0 Å². The van der Waals surface area contributed by atoms with Crippen LogP contribution in [-0.4, -0.2) is 20.9 Å². The minimum Gasteiger partial charge on any atom is -0.323 e. The highest BCUT2D eigenvalue weighted by Gasteiger charge is 2.27. The number of benzene rings is 3. The van der Waals surface area contributed by atoms with Crippen molar-refractivity contribution < 1.29 is 13.2 Å². The molecular weight excluding hydrogens is 520 g/mol. The number of hydrogen-bond acceptors (Lipinski definition) is 3. The average molecular weight is 538 g/mol. The number of para-hydroxylation sites is 1. The van der Waals surface area contributed by atoms with Gasteiger partial charge in [-0.2, -0.15) is 0 Å². The lowest BCUT2D eigenvalue weighted by Crippen LogP contribution is -2.38. The number of anilines is 2. The van der Waals surface area contributed by atoms with Gasteiger partial charge in [0, 0.05) is 8.95 Å². The number of rotatable bonds is 6. The molecule has 3 rings (SSSR count). The fourth-order valence-electron chi connectivity index (χ4n) is 2.67. The van der Waals surface area contributed by atoms with Crippen LogP contribution in [0.4, 0.5) is 11.4 Å². The molecule has 3 aromatic carbocycles. The van der Waals surface area contributed by atoms with Gasteiger partial charge in [0.05, 0.1) is 16.3 Å². The van der Waals surface area contributed by atoms with Crippen molar-refractivity contribution in [3.8, 4) is 0 Å². The predicted octanol–water partition coefficient (Wildman–Crippen LogP) is 5.35. The maximum absolute atomic E-state index is 13.3. The van der Waals surface area contributed by atoms with Gasteiger partial charge in [0.1, 0.15) is 6.54 Å². The van der Waals surface area contributed by atoms with Crippen LogP contribution in [0.25, 0.3) is 0 Å². The molecule has 0 aromatic heterocycles. The van der Waals surface area contributed by atoms with Gasteiger partial charge in [0.25, 0.3) is 10.0 Å². The molecule has 0 atom stereocenters. The molecule has 5 nitrogen and oxygen atoms in total. The smallest absolute Gasteiger partial charge is 0.264 e. The minimum absolute atomic E-state index is 0.122. The summed E-state index contributed by atoms with van der Waals surface area (Å²) in [7, 11) is -3.95. The van der Waals surface area contributed by atoms with Crippen molar-refractivity contribution in [1.82, 2.24) is 0 Å². The van der Waals surface area contributed by atoms with E-state index in [1.807, 2.05) is 13.0 Å². The van der Waals surface area contributed by atoms with E-state index in [1.54, 1.807) is 66.7 Å². The zero-order valence-electron chi connectivity index (χ0n) is 15.5. The molecular formula is C21H18Br2N2O3S. The van der Waals surface area contributed by atoms with Gasteiger partial charge in [-0.3, -0.25) is 9.10 Å². The van der Waals surface area contributed by atoms with Crippen LogP contribution in [0.5, 0.6) is 0 Å². The Morgan fingerprint density at radius 1 is 0.966 bits per heavy atom. The molecule has 0 radical (unpaired) electrons. The Morgan fingerprint density at radius 3 is 2.31 bits per heavy atom. The van der Waals surface area contributed by atoms with Crippen molar-refractivity contribution in [2.45, 2.75) is 11.8 Å². The molecule has 0 fully saturated rings. The van der Waals surface area contributed by atoms with Crippen molar-refractivity contribution in [3.63, 3.8) is 0 Å². The van der Waals surface area contributed by atoms with Crippen LogP contribution in [0.3, 0.4) is 0 Å². The average Bonchev–Trinajstić information content (AvgIpc) is 2.68. The molecule has 3 aromatic rings. The van der Waals surface area contributed by atoms with Gasteiger partial charge in [-0.1, -0.05) is 51.8 Å². The van der Waals surface area contributed by atoms with Crippen LogP contribution in [0, 0.1) is 6.92 Å². The van der Waals surface area contributed by atoms with Crippen molar-refractivity contribution in [2.24, 2.45) is 0 Å². The fourth-order valence-corrected chi connectivity index (χ4v) is 4.85. The molecule has 8 heteroatoms. The first-order valence-corrected chi connectivity index (χ1v) is 11.7. The van der Waals surface area contributed by atoms with Gasteiger partial charge in [-0.15, -0.1) is 0 Å². The summed E-state index contributed by atoms with van der Waals surface area (Å²) in [6, 6.07) is 20.5. The molecule has 0 aliphatic rings. The Labute approximate surface area is 187 Å². The van der Waals surface area contributed by atoms with E-state index in [1.165, 1.54) is 0 Å². The van der Waals surface area contributed by atoms with Gasteiger partial charge in [0.15, 0.2) is 0 Å². The van der Waals surface area contributed by atoms with E-state index in [0.717, 1.165) is 9.87 Å². The number of halogens is 2. The number of carbonyl (C=O) groups excluding carboxylic acids is 1. The van der Waals surface area contributed by atoms with Crippen LogP contribution >= 0.6 is 31.9 Å². The molecule has 0 spiro atoms. The van der Waals surface area contributed by atoms with Gasteiger partial charge in [-0.05, 0) is 65.3 Å². The second-order valence-electron chi connectivity index (χ2n) is 6.33. The number of carbonyl (C=O) groups is 1. The third kappa shape index (κ3) is 5.26. The molecule has 0 aliphatic heterocycles. The van der Waals surface area contributed by atoms with E-state index in [-0.39, 0.29) is 11.4 Å². The first-order chi connectivity index (χ1) is 13.8. The molecule has 29 heavy (non-hydrogen) atoms. The van der Waals surface area contributed by atoms with Crippen molar-refractivity contribution in [2.75, 3.05) is 16.2 Å². The summed E-state index contributed by atoms with van der Waals surface area (Å²) in [5.41, 5.74) is 1.91. The highest BCUT2D eigenvalue weighted by Crippen LogP contribution is 2.27. The van der Waals surface area contributed by atoms with E-state index in [9.17, 15) is 13.2 Å². The maximum atomic E-state index is 13.3. The van der Waals surface area contributed by atoms with Gasteiger partial charge in [0.2, 0.25) is 5.91 Å². The Kier molecular flexibility index (Phi) is 6.77. The van der Waals surface area contributed by atoms with E-state index >= 15 is 0 Å². The lowest BCUT2D eigenvalue weighted by molar-refractivity contribution is -0.114. The third-order valence-electron chi connectivity index (χ3n) is 4.14. The predicted molar refractivity (Wildman–Crippen MR) is 123 cm³/mol. The van der Waals surface area contributed by atoms with E-state index in [2.05, 4.69) is 37.2 Å². The summed E-state index contributed by atoms with van der Waals surface area (Å²) in [6.45, 7) is 1.52. The number of nitrogens with zero attached hydrogens (tertiary/aromatic N) is 1. The lowest BCUT2D eigenvalue weighted by Gasteiger charge is -2.24. The summed E-state index contributed by atoms with van der Waals surface area (Å²) in [4.78, 5) is 12.8. The summed E-state index contributed by atoms with van der Waals surface area (Å²) in [6.07, 6.45) is 0. The second kappa shape index (κ2) is 9.11. The fraction of sp³-hybridized carbons (Fsp3) is 0.0952. The second-order valence-corrected chi connectivity index (χ2v) is 9.96. The summed E-state index contributed by atoms with van der Waals surface area (Å²) >= 11 is 6.74. The SMILES string of the molecule is Cc1ccc(S(=O)(=O)N(CC(=O)Nc2ccccc2Br)c2cccc(Br)c2)cc1. The number of sulfonamides is 1. The van der Waals surface area contributed by atoms with Crippen LogP contribution in [0.15, 0.2) is 86.6 Å². The highest BCUT2D eigenvalue weighted by molar-refractivity contribution is 9.10. The van der Waals surface area contributed by atoms with Crippen LogP contribution in [-0.2, 0) is 14.8 Å². The monoisotopic (exact) mass is 536 g/mol. The van der Waals surface area contributed by atoms with Gasteiger partial charge in [-0.25, -0.2) is 8.42 Å². The largest absolute Gasteiger partial charge is 0.323 e. The standard InChI is InChI=1S/C21H18Br2N2O3S/c1-15-9-11-18(12-10-15)29(27,28)25(17-6-4-5-16(22)13-17)14-21(26)24-20-8-3-2-7-19(20)23/h2-13H,14H2,1H3,(H,24,26). The molecule has 1 N–H and O–H groups in total. The zero-order valence-corrected chi connectivity index (χ0v) is 19.5.